The summed E-state index contributed by atoms with van der Waals surface area (Å²) in [5.74, 6) is -3.87. The number of carbonyl (C=O) groups excluding carboxylic acids is 3. The van der Waals surface area contributed by atoms with E-state index in [0.717, 1.165) is 6.92 Å². The first-order valence-corrected chi connectivity index (χ1v) is 5.68. The summed E-state index contributed by atoms with van der Waals surface area (Å²) in [5.41, 5.74) is -3.33. The molecule has 120 valence electrons. The van der Waals surface area contributed by atoms with E-state index in [1.54, 1.807) is 0 Å². The first-order valence-electron chi connectivity index (χ1n) is 5.68. The van der Waals surface area contributed by atoms with Crippen LogP contribution in [0, 0.1) is 0 Å². The first-order chi connectivity index (χ1) is 9.41. The van der Waals surface area contributed by atoms with Gasteiger partial charge in [0.25, 0.3) is 5.60 Å². The Labute approximate surface area is 118 Å². The van der Waals surface area contributed by atoms with E-state index in [9.17, 15) is 27.6 Å². The van der Waals surface area contributed by atoms with Crippen molar-refractivity contribution in [1.29, 1.82) is 0 Å². The molecule has 0 aromatic carbocycles. The molecule has 0 aliphatic carbocycles. The highest BCUT2D eigenvalue weighted by Crippen LogP contribution is 2.34. The van der Waals surface area contributed by atoms with Gasteiger partial charge in [0.2, 0.25) is 0 Å². The number of rotatable bonds is 6. The molecule has 0 N–H and O–H groups in total. The smallest absolute Gasteiger partial charge is 0.439 e. The Morgan fingerprint density at radius 2 is 1.52 bits per heavy atom. The molecule has 0 aromatic rings. The third kappa shape index (κ3) is 5.44. The quantitative estimate of drug-likeness (QED) is 0.320. The van der Waals surface area contributed by atoms with E-state index in [-0.39, 0.29) is 5.57 Å². The fourth-order valence-corrected chi connectivity index (χ4v) is 1.03. The van der Waals surface area contributed by atoms with Crippen molar-refractivity contribution in [2.75, 3.05) is 13.2 Å². The van der Waals surface area contributed by atoms with Crippen LogP contribution in [0.1, 0.15) is 20.8 Å². The standard InChI is InChI=1S/C12H15F3O6/c1-7(2)9(17)19-5-6-20-10(18)11(4,12(13,14)15)21-8(3)16/h1,5-6H2,2-4H3. The maximum Gasteiger partial charge on any atom is 0.439 e. The molecule has 6 nitrogen and oxygen atoms in total. The minimum Gasteiger partial charge on any atom is -0.459 e. The molecule has 0 saturated heterocycles. The minimum atomic E-state index is -5.15. The highest BCUT2D eigenvalue weighted by atomic mass is 19.4. The zero-order chi connectivity index (χ0) is 16.8. The second-order valence-electron chi connectivity index (χ2n) is 4.18. The van der Waals surface area contributed by atoms with Crippen LogP contribution >= 0.6 is 0 Å². The summed E-state index contributed by atoms with van der Waals surface area (Å²) in [6.45, 7) is 4.68. The second kappa shape index (κ2) is 7.09. The lowest BCUT2D eigenvalue weighted by atomic mass is 10.1. The van der Waals surface area contributed by atoms with Crippen LogP contribution in [0.5, 0.6) is 0 Å². The highest BCUT2D eigenvalue weighted by molar-refractivity contribution is 5.87. The molecule has 0 saturated carbocycles. The van der Waals surface area contributed by atoms with E-state index in [0.29, 0.717) is 6.92 Å². The van der Waals surface area contributed by atoms with Crippen molar-refractivity contribution in [2.24, 2.45) is 0 Å². The van der Waals surface area contributed by atoms with Crippen molar-refractivity contribution in [1.82, 2.24) is 0 Å². The lowest BCUT2D eigenvalue weighted by Crippen LogP contribution is -2.53. The number of ether oxygens (including phenoxy) is 3. The minimum absolute atomic E-state index is 0.0846. The van der Waals surface area contributed by atoms with Gasteiger partial charge in [0, 0.05) is 12.5 Å². The van der Waals surface area contributed by atoms with Crippen LogP contribution in [-0.4, -0.2) is 42.9 Å². The number of esters is 3. The Bertz CT molecular complexity index is 443. The van der Waals surface area contributed by atoms with E-state index in [1.807, 2.05) is 0 Å². The van der Waals surface area contributed by atoms with Gasteiger partial charge in [-0.25, -0.2) is 9.59 Å². The van der Waals surface area contributed by atoms with Crippen LogP contribution in [0.2, 0.25) is 0 Å². The Morgan fingerprint density at radius 1 is 1.05 bits per heavy atom. The molecule has 0 spiro atoms. The van der Waals surface area contributed by atoms with Gasteiger partial charge in [-0.15, -0.1) is 0 Å². The topological polar surface area (TPSA) is 78.9 Å². The molecule has 0 aliphatic rings. The zero-order valence-corrected chi connectivity index (χ0v) is 11.7. The van der Waals surface area contributed by atoms with Gasteiger partial charge in [-0.3, -0.25) is 4.79 Å². The van der Waals surface area contributed by atoms with Gasteiger partial charge in [0.1, 0.15) is 13.2 Å². The number of alkyl halides is 3. The van der Waals surface area contributed by atoms with Gasteiger partial charge in [-0.2, -0.15) is 13.2 Å². The molecular weight excluding hydrogens is 297 g/mol. The average Bonchev–Trinajstić information content (AvgIpc) is 2.31. The van der Waals surface area contributed by atoms with Gasteiger partial charge in [-0.05, 0) is 13.8 Å². The number of hydrogen-bond donors (Lipinski definition) is 0. The molecule has 0 rings (SSSR count). The largest absolute Gasteiger partial charge is 0.459 e. The molecule has 0 amide bonds. The molecule has 1 atom stereocenters. The van der Waals surface area contributed by atoms with E-state index < -0.39 is 42.9 Å². The summed E-state index contributed by atoms with van der Waals surface area (Å²) >= 11 is 0. The summed E-state index contributed by atoms with van der Waals surface area (Å²) in [5, 5.41) is 0. The predicted molar refractivity (Wildman–Crippen MR) is 63.0 cm³/mol. The van der Waals surface area contributed by atoms with Gasteiger partial charge < -0.3 is 14.2 Å². The molecule has 0 radical (unpaired) electrons. The SMILES string of the molecule is C=C(C)C(=O)OCCOC(=O)C(C)(OC(C)=O)C(F)(F)F. The van der Waals surface area contributed by atoms with Gasteiger partial charge >= 0.3 is 24.1 Å². The maximum atomic E-state index is 12.8. The van der Waals surface area contributed by atoms with Crippen LogP contribution in [0.25, 0.3) is 0 Å². The van der Waals surface area contributed by atoms with E-state index in [1.165, 1.54) is 6.92 Å². The maximum absolute atomic E-state index is 12.8. The highest BCUT2D eigenvalue weighted by Gasteiger charge is 2.61. The van der Waals surface area contributed by atoms with E-state index >= 15 is 0 Å². The fraction of sp³-hybridized carbons (Fsp3) is 0.583. The van der Waals surface area contributed by atoms with Gasteiger partial charge in [0.15, 0.2) is 0 Å². The van der Waals surface area contributed by atoms with Crippen LogP contribution in [-0.2, 0) is 28.6 Å². The Balaban J connectivity index is 4.61. The third-order valence-corrected chi connectivity index (χ3v) is 2.18. The van der Waals surface area contributed by atoms with Crippen LogP contribution < -0.4 is 0 Å². The molecule has 0 aliphatic heterocycles. The molecule has 9 heteroatoms. The van der Waals surface area contributed by atoms with Crippen molar-refractivity contribution in [3.8, 4) is 0 Å². The fourth-order valence-electron chi connectivity index (χ4n) is 1.03. The van der Waals surface area contributed by atoms with E-state index in [2.05, 4.69) is 20.8 Å². The van der Waals surface area contributed by atoms with Gasteiger partial charge in [0.05, 0.1) is 0 Å². The second-order valence-corrected chi connectivity index (χ2v) is 4.18. The summed E-state index contributed by atoms with van der Waals surface area (Å²) in [4.78, 5) is 33.1. The monoisotopic (exact) mass is 312 g/mol. The van der Waals surface area contributed by atoms with Crippen molar-refractivity contribution in [2.45, 2.75) is 32.5 Å². The van der Waals surface area contributed by atoms with Gasteiger partial charge in [-0.1, -0.05) is 6.58 Å². The zero-order valence-electron chi connectivity index (χ0n) is 11.7. The third-order valence-electron chi connectivity index (χ3n) is 2.18. The molecule has 0 bridgehead atoms. The van der Waals surface area contributed by atoms with Crippen LogP contribution in [0.15, 0.2) is 12.2 Å². The van der Waals surface area contributed by atoms with Crippen molar-refractivity contribution < 1.29 is 41.8 Å². The van der Waals surface area contributed by atoms with Crippen molar-refractivity contribution in [3.05, 3.63) is 12.2 Å². The molecule has 21 heavy (non-hydrogen) atoms. The molecule has 0 aromatic heterocycles. The lowest BCUT2D eigenvalue weighted by Gasteiger charge is -2.28. The Morgan fingerprint density at radius 3 is 1.90 bits per heavy atom. The summed E-state index contributed by atoms with van der Waals surface area (Å²) in [7, 11) is 0. The summed E-state index contributed by atoms with van der Waals surface area (Å²) in [6, 6.07) is 0. The normalized spacial score (nSPS) is 13.8. The number of hydrogen-bond acceptors (Lipinski definition) is 6. The molecule has 0 fully saturated rings. The first kappa shape index (κ1) is 18.9. The number of halogens is 3. The van der Waals surface area contributed by atoms with Crippen molar-refractivity contribution in [3.63, 3.8) is 0 Å². The molecule has 0 heterocycles. The number of carbonyl (C=O) groups is 3. The summed E-state index contributed by atoms with van der Waals surface area (Å²) < 4.78 is 51.2. The average molecular weight is 312 g/mol. The van der Waals surface area contributed by atoms with E-state index in [4.69, 9.17) is 0 Å². The lowest BCUT2D eigenvalue weighted by molar-refractivity contribution is -0.265. The Hall–Kier alpha value is -2.06. The van der Waals surface area contributed by atoms with Crippen molar-refractivity contribution >= 4 is 17.9 Å². The Kier molecular flexibility index (Phi) is 6.40. The molecular formula is C12H15F3O6. The van der Waals surface area contributed by atoms with Crippen LogP contribution in [0.4, 0.5) is 13.2 Å². The predicted octanol–water partition coefficient (Wildman–Crippen LogP) is 1.53. The summed E-state index contributed by atoms with van der Waals surface area (Å²) in [6.07, 6.45) is -5.15. The molecule has 1 unspecified atom stereocenters. The van der Waals surface area contributed by atoms with Crippen LogP contribution in [0.3, 0.4) is 0 Å².